The summed E-state index contributed by atoms with van der Waals surface area (Å²) in [6.07, 6.45) is 3.91. The van der Waals surface area contributed by atoms with Crippen LogP contribution in [-0.4, -0.2) is 19.5 Å². The minimum absolute atomic E-state index is 0.383. The number of nitrogens with zero attached hydrogens (tertiary/aromatic N) is 1. The van der Waals surface area contributed by atoms with Crippen LogP contribution < -0.4 is 16.4 Å². The summed E-state index contributed by atoms with van der Waals surface area (Å²) in [4.78, 5) is 13.5. The van der Waals surface area contributed by atoms with Crippen molar-refractivity contribution >= 4 is 33.2 Å². The Bertz CT molecular complexity index is 472. The molecule has 1 aromatic rings. The summed E-state index contributed by atoms with van der Waals surface area (Å²) in [5.74, 6) is 0.273. The average molecular weight is 312 g/mol. The third-order valence-corrected chi connectivity index (χ3v) is 4.19. The average Bonchev–Trinajstić information content (AvgIpc) is 2.22. The Kier molecular flexibility index (Phi) is 3.80. The summed E-state index contributed by atoms with van der Waals surface area (Å²) in [6.45, 7) is 1.00. The number of halogens is 1. The van der Waals surface area contributed by atoms with E-state index in [1.807, 2.05) is 7.05 Å². The second-order valence-corrected chi connectivity index (χ2v) is 5.79. The fourth-order valence-electron chi connectivity index (χ4n) is 2.24. The zero-order valence-electron chi connectivity index (χ0n) is 10.4. The lowest BCUT2D eigenvalue weighted by atomic mass is 9.85. The van der Waals surface area contributed by atoms with Gasteiger partial charge in [0.25, 0.3) is 5.91 Å². The van der Waals surface area contributed by atoms with Gasteiger partial charge in [0.05, 0.1) is 11.3 Å². The minimum atomic E-state index is -0.488. The highest BCUT2D eigenvalue weighted by molar-refractivity contribution is 9.10. The van der Waals surface area contributed by atoms with E-state index >= 15 is 0 Å². The van der Waals surface area contributed by atoms with Gasteiger partial charge in [-0.15, -0.1) is 0 Å². The van der Waals surface area contributed by atoms with Gasteiger partial charge in [-0.2, -0.15) is 0 Å². The second-order valence-electron chi connectivity index (χ2n) is 4.93. The van der Waals surface area contributed by atoms with E-state index in [1.54, 1.807) is 12.1 Å². The fraction of sp³-hybridized carbons (Fsp3) is 0.462. The van der Waals surface area contributed by atoms with Crippen molar-refractivity contribution < 1.29 is 4.79 Å². The zero-order valence-corrected chi connectivity index (χ0v) is 12.0. The van der Waals surface area contributed by atoms with Crippen molar-refractivity contribution in [1.29, 1.82) is 0 Å². The van der Waals surface area contributed by atoms with E-state index in [-0.39, 0.29) is 0 Å². The lowest BCUT2D eigenvalue weighted by Crippen LogP contribution is -2.29. The van der Waals surface area contributed by atoms with E-state index in [2.05, 4.69) is 20.8 Å². The topological polar surface area (TPSA) is 72.3 Å². The highest BCUT2D eigenvalue weighted by atomic mass is 79.9. The summed E-state index contributed by atoms with van der Waals surface area (Å²) in [5, 5.41) is 0. The standard InChI is InChI=1S/C13H18BrN3O/c1-17(7-8-3-2-4-8)12-5-9(13(16)18)11(15)6-10(12)14/h5-6,8H,2-4,7,15H2,1H3,(H2,16,18). The number of benzene rings is 1. The molecule has 18 heavy (non-hydrogen) atoms. The molecule has 0 bridgehead atoms. The van der Waals surface area contributed by atoms with E-state index in [4.69, 9.17) is 11.5 Å². The predicted octanol–water partition coefficient (Wildman–Crippen LogP) is 2.37. The first-order valence-electron chi connectivity index (χ1n) is 6.09. The summed E-state index contributed by atoms with van der Waals surface area (Å²) in [7, 11) is 2.03. The highest BCUT2D eigenvalue weighted by Crippen LogP contribution is 2.33. The molecule has 0 unspecified atom stereocenters. The number of rotatable bonds is 4. The van der Waals surface area contributed by atoms with Gasteiger partial charge in [-0.3, -0.25) is 4.79 Å². The van der Waals surface area contributed by atoms with Crippen LogP contribution in [0.15, 0.2) is 16.6 Å². The number of hydrogen-bond donors (Lipinski definition) is 2. The van der Waals surface area contributed by atoms with E-state index in [0.717, 1.165) is 22.6 Å². The van der Waals surface area contributed by atoms with Gasteiger partial charge in [0.15, 0.2) is 0 Å². The molecule has 0 heterocycles. The van der Waals surface area contributed by atoms with Crippen LogP contribution in [0.3, 0.4) is 0 Å². The Hall–Kier alpha value is -1.23. The normalized spacial score (nSPS) is 15.2. The quantitative estimate of drug-likeness (QED) is 0.838. The van der Waals surface area contributed by atoms with Crippen molar-refractivity contribution in [3.63, 3.8) is 0 Å². The number of carbonyl (C=O) groups excluding carboxylic acids is 1. The third-order valence-electron chi connectivity index (χ3n) is 3.55. The first-order chi connectivity index (χ1) is 8.49. The van der Waals surface area contributed by atoms with Crippen LogP contribution in [0.5, 0.6) is 0 Å². The Morgan fingerprint density at radius 3 is 2.67 bits per heavy atom. The van der Waals surface area contributed by atoms with Gasteiger partial charge >= 0.3 is 0 Å². The molecule has 0 spiro atoms. The molecule has 0 aliphatic heterocycles. The summed E-state index contributed by atoms with van der Waals surface area (Å²) in [6, 6.07) is 3.51. The van der Waals surface area contributed by atoms with E-state index in [1.165, 1.54) is 19.3 Å². The summed E-state index contributed by atoms with van der Waals surface area (Å²) < 4.78 is 0.895. The van der Waals surface area contributed by atoms with Crippen LogP contribution in [0, 0.1) is 5.92 Å². The van der Waals surface area contributed by atoms with Gasteiger partial charge in [0, 0.05) is 23.8 Å². The van der Waals surface area contributed by atoms with Crippen molar-refractivity contribution in [3.8, 4) is 0 Å². The van der Waals surface area contributed by atoms with E-state index in [0.29, 0.717) is 11.3 Å². The van der Waals surface area contributed by atoms with Gasteiger partial charge < -0.3 is 16.4 Å². The Balaban J connectivity index is 2.25. The maximum atomic E-state index is 11.3. The van der Waals surface area contributed by atoms with Crippen molar-refractivity contribution in [2.75, 3.05) is 24.2 Å². The first-order valence-corrected chi connectivity index (χ1v) is 6.88. The monoisotopic (exact) mass is 311 g/mol. The van der Waals surface area contributed by atoms with Gasteiger partial charge in [0.2, 0.25) is 0 Å². The predicted molar refractivity (Wildman–Crippen MR) is 77.7 cm³/mol. The molecule has 0 radical (unpaired) electrons. The zero-order chi connectivity index (χ0) is 13.3. The van der Waals surface area contributed by atoms with Gasteiger partial charge in [-0.25, -0.2) is 0 Å². The van der Waals surface area contributed by atoms with Crippen LogP contribution in [0.1, 0.15) is 29.6 Å². The van der Waals surface area contributed by atoms with Crippen molar-refractivity contribution in [3.05, 3.63) is 22.2 Å². The summed E-state index contributed by atoms with van der Waals surface area (Å²) >= 11 is 3.49. The fourth-order valence-corrected chi connectivity index (χ4v) is 2.91. The molecular formula is C13H18BrN3O. The number of primary amides is 1. The van der Waals surface area contributed by atoms with Gasteiger partial charge in [-0.05, 0) is 46.8 Å². The van der Waals surface area contributed by atoms with Gasteiger partial charge in [0.1, 0.15) is 0 Å². The number of anilines is 2. The molecule has 1 fully saturated rings. The molecule has 5 heteroatoms. The lowest BCUT2D eigenvalue weighted by molar-refractivity contribution is 0.100. The third kappa shape index (κ3) is 2.61. The van der Waals surface area contributed by atoms with Crippen LogP contribution >= 0.6 is 15.9 Å². The second kappa shape index (κ2) is 5.18. The largest absolute Gasteiger partial charge is 0.398 e. The molecule has 1 aliphatic rings. The number of nitrogens with two attached hydrogens (primary N) is 2. The van der Waals surface area contributed by atoms with Crippen LogP contribution in [-0.2, 0) is 0 Å². The molecular weight excluding hydrogens is 294 g/mol. The van der Waals surface area contributed by atoms with Crippen molar-refractivity contribution in [2.24, 2.45) is 11.7 Å². The van der Waals surface area contributed by atoms with Crippen LogP contribution in [0.2, 0.25) is 0 Å². The SMILES string of the molecule is CN(CC1CCC1)c1cc(C(N)=O)c(N)cc1Br. The maximum Gasteiger partial charge on any atom is 0.250 e. The molecule has 4 nitrogen and oxygen atoms in total. The number of nitrogen functional groups attached to an aromatic ring is 1. The Labute approximate surface area is 115 Å². The highest BCUT2D eigenvalue weighted by Gasteiger charge is 2.21. The number of carbonyl (C=O) groups is 1. The van der Waals surface area contributed by atoms with E-state index < -0.39 is 5.91 Å². The molecule has 0 saturated heterocycles. The van der Waals surface area contributed by atoms with Crippen LogP contribution in [0.25, 0.3) is 0 Å². The first kappa shape index (κ1) is 13.2. The number of hydrogen-bond acceptors (Lipinski definition) is 3. The molecule has 4 N–H and O–H groups in total. The van der Waals surface area contributed by atoms with E-state index in [9.17, 15) is 4.79 Å². The van der Waals surface area contributed by atoms with Crippen molar-refractivity contribution in [2.45, 2.75) is 19.3 Å². The maximum absolute atomic E-state index is 11.3. The smallest absolute Gasteiger partial charge is 0.250 e. The Morgan fingerprint density at radius 2 is 2.17 bits per heavy atom. The van der Waals surface area contributed by atoms with Gasteiger partial charge in [-0.1, -0.05) is 6.42 Å². The molecule has 1 aromatic carbocycles. The molecule has 98 valence electrons. The molecule has 1 aliphatic carbocycles. The minimum Gasteiger partial charge on any atom is -0.398 e. The lowest BCUT2D eigenvalue weighted by Gasteiger charge is -2.32. The molecule has 1 saturated carbocycles. The Morgan fingerprint density at radius 1 is 1.50 bits per heavy atom. The summed E-state index contributed by atoms with van der Waals surface area (Å²) in [5.41, 5.74) is 12.9. The van der Waals surface area contributed by atoms with Crippen molar-refractivity contribution in [1.82, 2.24) is 0 Å². The molecule has 1 amide bonds. The molecule has 0 aromatic heterocycles. The number of amides is 1. The van der Waals surface area contributed by atoms with Crippen LogP contribution in [0.4, 0.5) is 11.4 Å². The molecule has 0 atom stereocenters. The molecule has 2 rings (SSSR count).